The summed E-state index contributed by atoms with van der Waals surface area (Å²) < 4.78 is 5.86. The van der Waals surface area contributed by atoms with Gasteiger partial charge < -0.3 is 19.4 Å². The van der Waals surface area contributed by atoms with E-state index in [0.717, 1.165) is 50.3 Å². The first-order chi connectivity index (χ1) is 13.7. The molecular weight excluding hydrogens is 366 g/mol. The van der Waals surface area contributed by atoms with Crippen LogP contribution in [0.2, 0.25) is 0 Å². The van der Waals surface area contributed by atoms with E-state index < -0.39 is 5.41 Å². The second-order valence-electron chi connectivity index (χ2n) is 10.0. The summed E-state index contributed by atoms with van der Waals surface area (Å²) in [6, 6.07) is 5.94. The van der Waals surface area contributed by atoms with Crippen molar-refractivity contribution in [3.05, 3.63) is 29.3 Å². The quantitative estimate of drug-likeness (QED) is 0.729. The van der Waals surface area contributed by atoms with Gasteiger partial charge in [-0.25, -0.2) is 0 Å². The average molecular weight is 398 g/mol. The molecule has 3 fully saturated rings. The zero-order chi connectivity index (χ0) is 20.6. The monoisotopic (exact) mass is 397 g/mol. The normalized spacial score (nSPS) is 30.1. The molecule has 6 heteroatoms. The number of hydrogen-bond acceptors (Lipinski definition) is 4. The van der Waals surface area contributed by atoms with E-state index in [1.54, 1.807) is 4.90 Å². The molecule has 0 aliphatic carbocycles. The van der Waals surface area contributed by atoms with Crippen LogP contribution in [0, 0.1) is 11.3 Å². The molecule has 156 valence electrons. The minimum atomic E-state index is -0.598. The summed E-state index contributed by atoms with van der Waals surface area (Å²) in [4.78, 5) is 32.4. The van der Waals surface area contributed by atoms with Crippen molar-refractivity contribution in [3.63, 3.8) is 0 Å². The van der Waals surface area contributed by atoms with Crippen molar-refractivity contribution in [1.82, 2.24) is 9.80 Å². The van der Waals surface area contributed by atoms with E-state index in [0.29, 0.717) is 18.1 Å². The van der Waals surface area contributed by atoms with Crippen molar-refractivity contribution >= 4 is 17.5 Å². The number of carbonyl (C=O) groups excluding carboxylic acids is 2. The van der Waals surface area contributed by atoms with Gasteiger partial charge in [-0.15, -0.1) is 0 Å². The number of amides is 2. The number of likely N-dealkylation sites (N-methyl/N-ethyl adjacent to an activating group) is 1. The van der Waals surface area contributed by atoms with Crippen LogP contribution in [0.4, 0.5) is 5.69 Å². The van der Waals surface area contributed by atoms with Crippen molar-refractivity contribution in [1.29, 1.82) is 0 Å². The molecule has 0 aromatic heterocycles. The van der Waals surface area contributed by atoms with Crippen LogP contribution in [0.3, 0.4) is 0 Å². The molecule has 1 aromatic carbocycles. The molecule has 3 saturated heterocycles. The van der Waals surface area contributed by atoms with Gasteiger partial charge in [0.15, 0.2) is 0 Å². The Balaban J connectivity index is 1.46. The number of rotatable bonds is 1. The number of benzene rings is 1. The number of piperidine rings is 1. The van der Waals surface area contributed by atoms with Gasteiger partial charge in [-0.3, -0.25) is 9.59 Å². The van der Waals surface area contributed by atoms with Gasteiger partial charge in [0.2, 0.25) is 5.91 Å². The first-order valence-corrected chi connectivity index (χ1v) is 10.7. The van der Waals surface area contributed by atoms with E-state index in [1.165, 1.54) is 0 Å². The smallest absolute Gasteiger partial charge is 0.254 e. The van der Waals surface area contributed by atoms with Crippen molar-refractivity contribution in [2.24, 2.45) is 11.3 Å². The summed E-state index contributed by atoms with van der Waals surface area (Å²) in [7, 11) is 3.99. The lowest BCUT2D eigenvalue weighted by atomic mass is 9.70. The molecule has 0 N–H and O–H groups in total. The molecule has 0 saturated carbocycles. The van der Waals surface area contributed by atoms with Gasteiger partial charge in [-0.2, -0.15) is 0 Å². The Hall–Kier alpha value is -1.92. The maximum absolute atomic E-state index is 13.6. The third-order valence-corrected chi connectivity index (χ3v) is 8.08. The summed E-state index contributed by atoms with van der Waals surface area (Å²) >= 11 is 0. The highest BCUT2D eigenvalue weighted by Crippen LogP contribution is 2.50. The molecule has 5 rings (SSSR count). The van der Waals surface area contributed by atoms with Gasteiger partial charge in [0.1, 0.15) is 0 Å². The summed E-state index contributed by atoms with van der Waals surface area (Å²) in [5.41, 5.74) is 2.14. The van der Waals surface area contributed by atoms with E-state index in [4.69, 9.17) is 4.74 Å². The van der Waals surface area contributed by atoms with Crippen LogP contribution in [-0.2, 0) is 14.9 Å². The zero-order valence-electron chi connectivity index (χ0n) is 17.9. The van der Waals surface area contributed by atoms with Gasteiger partial charge >= 0.3 is 0 Å². The lowest BCUT2D eigenvalue weighted by molar-refractivity contribution is -0.121. The molecule has 2 atom stereocenters. The van der Waals surface area contributed by atoms with Crippen LogP contribution in [0.5, 0.6) is 0 Å². The number of ether oxygens (including phenoxy) is 1. The van der Waals surface area contributed by atoms with Gasteiger partial charge in [0.05, 0.1) is 24.7 Å². The predicted octanol–water partition coefficient (Wildman–Crippen LogP) is 2.12. The van der Waals surface area contributed by atoms with Gasteiger partial charge in [-0.05, 0) is 76.0 Å². The Morgan fingerprint density at radius 2 is 1.86 bits per heavy atom. The van der Waals surface area contributed by atoms with Crippen molar-refractivity contribution < 1.29 is 14.3 Å². The van der Waals surface area contributed by atoms with E-state index in [2.05, 4.69) is 16.8 Å². The molecule has 0 bridgehead atoms. The molecule has 4 aliphatic heterocycles. The Morgan fingerprint density at radius 3 is 2.59 bits per heavy atom. The van der Waals surface area contributed by atoms with Gasteiger partial charge in [0.25, 0.3) is 5.91 Å². The number of hydrogen-bond donors (Lipinski definition) is 0. The minimum Gasteiger partial charge on any atom is -0.379 e. The predicted molar refractivity (Wildman–Crippen MR) is 111 cm³/mol. The van der Waals surface area contributed by atoms with Crippen molar-refractivity contribution in [2.45, 2.75) is 38.1 Å². The molecule has 4 heterocycles. The third-order valence-electron chi connectivity index (χ3n) is 8.08. The highest BCUT2D eigenvalue weighted by molar-refractivity contribution is 6.08. The van der Waals surface area contributed by atoms with Crippen LogP contribution < -0.4 is 4.90 Å². The summed E-state index contributed by atoms with van der Waals surface area (Å²) in [6.07, 6.45) is 2.27. The number of carbonyl (C=O) groups is 2. The zero-order valence-corrected chi connectivity index (χ0v) is 17.9. The maximum Gasteiger partial charge on any atom is 0.254 e. The Kier molecular flexibility index (Phi) is 4.13. The van der Waals surface area contributed by atoms with E-state index in [9.17, 15) is 9.59 Å². The van der Waals surface area contributed by atoms with Gasteiger partial charge in [0, 0.05) is 30.8 Å². The summed E-state index contributed by atoms with van der Waals surface area (Å²) in [6.45, 7) is 8.31. The maximum atomic E-state index is 13.6. The van der Waals surface area contributed by atoms with Crippen molar-refractivity contribution in [3.8, 4) is 0 Å². The standard InChI is InChI=1S/C23H31N3O3/c1-22(2)16-11-15(5-6-18(16)25(4)21(22)28)20(27)26-14-23(7-9-24(3)10-8-23)17-12-29-13-19(17)26/h5-6,11,17,19H,7-10,12-14H2,1-4H3/t17-,19+/m0/s1. The number of likely N-dealkylation sites (tertiary alicyclic amines) is 2. The lowest BCUT2D eigenvalue weighted by Gasteiger charge is -2.40. The molecule has 29 heavy (non-hydrogen) atoms. The third kappa shape index (κ3) is 2.61. The molecule has 1 spiro atoms. The highest BCUT2D eigenvalue weighted by Gasteiger charge is 2.56. The molecule has 0 radical (unpaired) electrons. The number of fused-ring (bicyclic) bond motifs is 3. The molecule has 2 amide bonds. The van der Waals surface area contributed by atoms with E-state index in [-0.39, 0.29) is 23.3 Å². The molecule has 0 unspecified atom stereocenters. The van der Waals surface area contributed by atoms with Crippen molar-refractivity contribution in [2.75, 3.05) is 51.8 Å². The second kappa shape index (κ2) is 6.29. The Labute approximate surface area is 172 Å². The first kappa shape index (κ1) is 19.1. The fourth-order valence-electron chi connectivity index (χ4n) is 6.10. The molecule has 1 aromatic rings. The minimum absolute atomic E-state index is 0.0767. The van der Waals surface area contributed by atoms with Crippen LogP contribution >= 0.6 is 0 Å². The van der Waals surface area contributed by atoms with E-state index in [1.807, 2.05) is 39.1 Å². The fourth-order valence-corrected chi connectivity index (χ4v) is 6.10. The van der Waals surface area contributed by atoms with Crippen LogP contribution in [0.25, 0.3) is 0 Å². The molecule has 6 nitrogen and oxygen atoms in total. The topological polar surface area (TPSA) is 53.1 Å². The highest BCUT2D eigenvalue weighted by atomic mass is 16.5. The van der Waals surface area contributed by atoms with Crippen LogP contribution in [-0.4, -0.2) is 74.6 Å². The Bertz CT molecular complexity index is 872. The lowest BCUT2D eigenvalue weighted by Crippen LogP contribution is -2.43. The average Bonchev–Trinajstić information content (AvgIpc) is 3.35. The van der Waals surface area contributed by atoms with Crippen LogP contribution in [0.1, 0.15) is 42.6 Å². The SMILES string of the molecule is CN1CCC2(CC1)CN(C(=O)c1ccc3c(c1)C(C)(C)C(=O)N3C)[C@@H]1COC[C@@H]12. The molecule has 4 aliphatic rings. The number of anilines is 1. The summed E-state index contributed by atoms with van der Waals surface area (Å²) in [5, 5.41) is 0. The van der Waals surface area contributed by atoms with Gasteiger partial charge in [-0.1, -0.05) is 0 Å². The fraction of sp³-hybridized carbons (Fsp3) is 0.652. The Morgan fingerprint density at radius 1 is 1.14 bits per heavy atom. The largest absolute Gasteiger partial charge is 0.379 e. The van der Waals surface area contributed by atoms with Crippen LogP contribution in [0.15, 0.2) is 18.2 Å². The van der Waals surface area contributed by atoms with E-state index >= 15 is 0 Å². The first-order valence-electron chi connectivity index (χ1n) is 10.7. The number of nitrogens with zero attached hydrogens (tertiary/aromatic N) is 3. The molecular formula is C23H31N3O3. The summed E-state index contributed by atoms with van der Waals surface area (Å²) in [5.74, 6) is 0.605. The second-order valence-corrected chi connectivity index (χ2v) is 10.0.